The van der Waals surface area contributed by atoms with Crippen molar-refractivity contribution < 1.29 is 9.57 Å². The van der Waals surface area contributed by atoms with Crippen molar-refractivity contribution in [1.82, 2.24) is 15.7 Å². The molecule has 4 heterocycles. The monoisotopic (exact) mass is 253 g/mol. The van der Waals surface area contributed by atoms with Gasteiger partial charge in [0.1, 0.15) is 0 Å². The molecule has 0 radical (unpaired) electrons. The largest absolute Gasteiger partial charge is 0.381 e. The van der Waals surface area contributed by atoms with Crippen molar-refractivity contribution in [3.8, 4) is 0 Å². The number of rotatable bonds is 1. The smallest absolute Gasteiger partial charge is 0.0941 e. The van der Waals surface area contributed by atoms with E-state index < -0.39 is 0 Å². The van der Waals surface area contributed by atoms with Crippen LogP contribution in [0.1, 0.15) is 25.7 Å². The first-order valence-corrected chi connectivity index (χ1v) is 7.29. The van der Waals surface area contributed by atoms with Gasteiger partial charge < -0.3 is 10.1 Å². The fourth-order valence-electron chi connectivity index (χ4n) is 4.10. The molecule has 4 fully saturated rings. The third-order valence-corrected chi connectivity index (χ3v) is 5.30. The van der Waals surface area contributed by atoms with Crippen molar-refractivity contribution in [2.24, 2.45) is 5.41 Å². The maximum absolute atomic E-state index is 6.00. The Kier molecular flexibility index (Phi) is 2.68. The Hall–Kier alpha value is -0.200. The second-order valence-corrected chi connectivity index (χ2v) is 6.36. The van der Waals surface area contributed by atoms with E-state index in [0.717, 1.165) is 45.9 Å². The molecule has 0 amide bonds. The van der Waals surface area contributed by atoms with Crippen molar-refractivity contribution in [2.75, 3.05) is 39.5 Å². The third-order valence-electron chi connectivity index (χ3n) is 5.30. The highest BCUT2D eigenvalue weighted by molar-refractivity contribution is 5.08. The van der Waals surface area contributed by atoms with Crippen LogP contribution in [0.4, 0.5) is 0 Å². The highest BCUT2D eigenvalue weighted by atomic mass is 16.7. The molecule has 0 saturated carbocycles. The van der Waals surface area contributed by atoms with Gasteiger partial charge in [-0.3, -0.25) is 10.2 Å². The number of hydrogen-bond acceptors (Lipinski definition) is 5. The van der Waals surface area contributed by atoms with E-state index in [0.29, 0.717) is 11.6 Å². The third kappa shape index (κ3) is 1.51. The lowest BCUT2D eigenvalue weighted by atomic mass is 9.72. The SMILES string of the molecule is C1COCC2(C1)CNC2N1OCCC12CCNC2. The van der Waals surface area contributed by atoms with E-state index >= 15 is 0 Å². The summed E-state index contributed by atoms with van der Waals surface area (Å²) >= 11 is 0. The minimum absolute atomic E-state index is 0.239. The summed E-state index contributed by atoms with van der Waals surface area (Å²) in [5.74, 6) is 0. The average molecular weight is 253 g/mol. The van der Waals surface area contributed by atoms with E-state index in [1.807, 2.05) is 0 Å². The van der Waals surface area contributed by atoms with Gasteiger partial charge in [-0.15, -0.1) is 0 Å². The van der Waals surface area contributed by atoms with Crippen LogP contribution in [0.5, 0.6) is 0 Å². The second kappa shape index (κ2) is 4.15. The van der Waals surface area contributed by atoms with E-state index in [-0.39, 0.29) is 5.54 Å². The Morgan fingerprint density at radius 1 is 1.11 bits per heavy atom. The zero-order valence-electron chi connectivity index (χ0n) is 10.9. The predicted molar refractivity (Wildman–Crippen MR) is 66.9 cm³/mol. The Bertz CT molecular complexity index is 319. The number of ether oxygens (including phenoxy) is 1. The highest BCUT2D eigenvalue weighted by Gasteiger charge is 2.58. The van der Waals surface area contributed by atoms with Gasteiger partial charge >= 0.3 is 0 Å². The lowest BCUT2D eigenvalue weighted by Gasteiger charge is -2.57. The molecule has 4 aliphatic rings. The molecular formula is C13H23N3O2. The summed E-state index contributed by atoms with van der Waals surface area (Å²) in [6.07, 6.45) is 5.20. The topological polar surface area (TPSA) is 45.8 Å². The number of hydrogen-bond donors (Lipinski definition) is 2. The maximum atomic E-state index is 6.00. The Labute approximate surface area is 108 Å². The molecule has 4 aliphatic heterocycles. The Balaban J connectivity index is 1.55. The molecular weight excluding hydrogens is 230 g/mol. The molecule has 0 aromatic rings. The number of nitrogens with one attached hydrogen (secondary N) is 2. The Morgan fingerprint density at radius 2 is 2.11 bits per heavy atom. The molecule has 0 bridgehead atoms. The van der Waals surface area contributed by atoms with Gasteiger partial charge in [-0.2, -0.15) is 5.06 Å². The van der Waals surface area contributed by atoms with Crippen molar-refractivity contribution in [2.45, 2.75) is 37.4 Å². The summed E-state index contributed by atoms with van der Waals surface area (Å²) in [4.78, 5) is 6.00. The van der Waals surface area contributed by atoms with Crippen LogP contribution in [-0.4, -0.2) is 56.2 Å². The predicted octanol–water partition coefficient (Wildman–Crippen LogP) is 0.0819. The molecule has 2 N–H and O–H groups in total. The van der Waals surface area contributed by atoms with Crippen molar-refractivity contribution in [1.29, 1.82) is 0 Å². The molecule has 102 valence electrons. The molecule has 0 aromatic carbocycles. The number of hydroxylamine groups is 2. The summed E-state index contributed by atoms with van der Waals surface area (Å²) in [7, 11) is 0. The zero-order valence-corrected chi connectivity index (χ0v) is 10.9. The molecule has 18 heavy (non-hydrogen) atoms. The van der Waals surface area contributed by atoms with Gasteiger partial charge in [0.2, 0.25) is 0 Å². The quantitative estimate of drug-likeness (QED) is 0.693. The highest BCUT2D eigenvalue weighted by Crippen LogP contribution is 2.45. The van der Waals surface area contributed by atoms with E-state index in [1.54, 1.807) is 0 Å². The van der Waals surface area contributed by atoms with Crippen molar-refractivity contribution >= 4 is 0 Å². The standard InChI is InChI=1S/C13H23N3O2/c1-2-12(10-17-6-1)8-15-11(12)16-13(4-7-18-16)3-5-14-9-13/h11,14-15H,1-10H2. The molecule has 0 aromatic heterocycles. The summed E-state index contributed by atoms with van der Waals surface area (Å²) < 4.78 is 5.73. The van der Waals surface area contributed by atoms with E-state index in [2.05, 4.69) is 15.7 Å². The molecule has 5 heteroatoms. The molecule has 4 rings (SSSR count). The van der Waals surface area contributed by atoms with Gasteiger partial charge in [-0.25, -0.2) is 0 Å². The van der Waals surface area contributed by atoms with Crippen LogP contribution in [0.25, 0.3) is 0 Å². The lowest BCUT2D eigenvalue weighted by molar-refractivity contribution is -0.263. The molecule has 3 unspecified atom stereocenters. The van der Waals surface area contributed by atoms with Crippen LogP contribution < -0.4 is 10.6 Å². The molecule has 3 atom stereocenters. The maximum Gasteiger partial charge on any atom is 0.0941 e. The Morgan fingerprint density at radius 3 is 2.78 bits per heavy atom. The minimum atomic E-state index is 0.239. The summed E-state index contributed by atoms with van der Waals surface area (Å²) in [5.41, 5.74) is 0.542. The van der Waals surface area contributed by atoms with Gasteiger partial charge in [0.25, 0.3) is 0 Å². The van der Waals surface area contributed by atoms with Gasteiger partial charge in [0.15, 0.2) is 0 Å². The van der Waals surface area contributed by atoms with Crippen molar-refractivity contribution in [3.63, 3.8) is 0 Å². The van der Waals surface area contributed by atoms with E-state index in [1.165, 1.54) is 19.3 Å². The summed E-state index contributed by atoms with van der Waals surface area (Å²) in [6.45, 7) is 5.98. The molecule has 0 aliphatic carbocycles. The van der Waals surface area contributed by atoms with Crippen LogP contribution in [0.15, 0.2) is 0 Å². The minimum Gasteiger partial charge on any atom is -0.381 e. The molecule has 2 spiro atoms. The number of nitrogens with zero attached hydrogens (tertiary/aromatic N) is 1. The first-order chi connectivity index (χ1) is 8.85. The van der Waals surface area contributed by atoms with Gasteiger partial charge in [-0.1, -0.05) is 0 Å². The van der Waals surface area contributed by atoms with Gasteiger partial charge in [0.05, 0.1) is 24.9 Å². The van der Waals surface area contributed by atoms with Crippen LogP contribution in [0.3, 0.4) is 0 Å². The van der Waals surface area contributed by atoms with Crippen LogP contribution in [0.2, 0.25) is 0 Å². The first kappa shape index (κ1) is 11.6. The van der Waals surface area contributed by atoms with E-state index in [9.17, 15) is 0 Å². The summed E-state index contributed by atoms with van der Waals surface area (Å²) in [6, 6.07) is 0. The average Bonchev–Trinajstić information content (AvgIpc) is 3.02. The van der Waals surface area contributed by atoms with Crippen LogP contribution >= 0.6 is 0 Å². The van der Waals surface area contributed by atoms with E-state index in [4.69, 9.17) is 9.57 Å². The lowest BCUT2D eigenvalue weighted by Crippen LogP contribution is -2.74. The van der Waals surface area contributed by atoms with Crippen LogP contribution in [0, 0.1) is 5.41 Å². The molecule has 4 saturated heterocycles. The normalized spacial score (nSPS) is 49.0. The fraction of sp³-hybridized carbons (Fsp3) is 1.00. The second-order valence-electron chi connectivity index (χ2n) is 6.36. The van der Waals surface area contributed by atoms with Gasteiger partial charge in [-0.05, 0) is 32.2 Å². The first-order valence-electron chi connectivity index (χ1n) is 7.29. The summed E-state index contributed by atoms with van der Waals surface area (Å²) in [5, 5.41) is 9.39. The zero-order chi connectivity index (χ0) is 12.1. The molecule has 5 nitrogen and oxygen atoms in total. The van der Waals surface area contributed by atoms with Crippen LogP contribution in [-0.2, 0) is 9.57 Å². The fourth-order valence-corrected chi connectivity index (χ4v) is 4.10. The van der Waals surface area contributed by atoms with Crippen molar-refractivity contribution in [3.05, 3.63) is 0 Å². The van der Waals surface area contributed by atoms with Gasteiger partial charge in [0, 0.05) is 25.1 Å².